The number of nitrogens with zero attached hydrogens (tertiary/aromatic N) is 3. The number of carboxylic acids is 1. The number of halogens is 1. The molecule has 138 valence electrons. The van der Waals surface area contributed by atoms with E-state index in [-0.39, 0.29) is 23.4 Å². The lowest BCUT2D eigenvalue weighted by Crippen LogP contribution is -2.25. The fraction of sp³-hybridized carbons (Fsp3) is 0.211. The van der Waals surface area contributed by atoms with Crippen molar-refractivity contribution in [3.8, 4) is 5.69 Å². The van der Waals surface area contributed by atoms with Crippen molar-refractivity contribution in [1.82, 2.24) is 9.55 Å². The standard InChI is InChI=1S/C19H16FN3O4/c20-15-8-13-16(25)14(19(26)27)10-23(11-4-2-1-3-5-11)17(13)21-18(15)22-7-6-12(24)9-22/h1-5,8,10,12,24H,6-7,9H2,(H,26,27). The van der Waals surface area contributed by atoms with Crippen molar-refractivity contribution in [2.45, 2.75) is 12.5 Å². The topological polar surface area (TPSA) is 95.7 Å². The molecule has 0 amide bonds. The number of β-amino-alcohol motifs (C(OH)–C–C–N with tert-alkyl or cyclic N) is 1. The van der Waals surface area contributed by atoms with Crippen LogP contribution in [0.25, 0.3) is 16.7 Å². The minimum absolute atomic E-state index is 0.0335. The van der Waals surface area contributed by atoms with Crippen LogP contribution < -0.4 is 10.3 Å². The predicted octanol–water partition coefficient (Wildman–Crippen LogP) is 1.79. The van der Waals surface area contributed by atoms with Crippen LogP contribution in [-0.4, -0.2) is 44.9 Å². The van der Waals surface area contributed by atoms with Crippen LogP contribution in [0, 0.1) is 5.82 Å². The van der Waals surface area contributed by atoms with Gasteiger partial charge in [0.1, 0.15) is 5.56 Å². The minimum Gasteiger partial charge on any atom is -0.477 e. The summed E-state index contributed by atoms with van der Waals surface area (Å²) in [5.41, 5.74) is -0.494. The molecule has 0 radical (unpaired) electrons. The van der Waals surface area contributed by atoms with Crippen LogP contribution in [0.15, 0.2) is 47.4 Å². The first-order valence-electron chi connectivity index (χ1n) is 8.43. The number of rotatable bonds is 3. The van der Waals surface area contributed by atoms with Gasteiger partial charge in [0.25, 0.3) is 0 Å². The van der Waals surface area contributed by atoms with E-state index in [0.29, 0.717) is 18.7 Å². The van der Waals surface area contributed by atoms with Gasteiger partial charge < -0.3 is 19.7 Å². The summed E-state index contributed by atoms with van der Waals surface area (Å²) in [6, 6.07) is 9.83. The van der Waals surface area contributed by atoms with Crippen LogP contribution in [0.3, 0.4) is 0 Å². The van der Waals surface area contributed by atoms with Crippen molar-refractivity contribution in [2.24, 2.45) is 0 Å². The summed E-state index contributed by atoms with van der Waals surface area (Å²) in [5.74, 6) is -2.08. The third-order valence-electron chi connectivity index (χ3n) is 4.64. The van der Waals surface area contributed by atoms with Crippen molar-refractivity contribution in [1.29, 1.82) is 0 Å². The summed E-state index contributed by atoms with van der Waals surface area (Å²) in [6.45, 7) is 0.692. The number of carboxylic acid groups (broad SMARTS) is 1. The van der Waals surface area contributed by atoms with Gasteiger partial charge >= 0.3 is 5.97 Å². The van der Waals surface area contributed by atoms with Crippen LogP contribution >= 0.6 is 0 Å². The van der Waals surface area contributed by atoms with Crippen molar-refractivity contribution in [3.63, 3.8) is 0 Å². The number of aliphatic hydroxyl groups is 1. The fourth-order valence-electron chi connectivity index (χ4n) is 3.31. The van der Waals surface area contributed by atoms with Gasteiger partial charge in [0, 0.05) is 25.0 Å². The molecule has 1 atom stereocenters. The van der Waals surface area contributed by atoms with E-state index in [2.05, 4.69) is 4.98 Å². The summed E-state index contributed by atoms with van der Waals surface area (Å²) >= 11 is 0. The molecule has 1 fully saturated rings. The van der Waals surface area contributed by atoms with E-state index >= 15 is 0 Å². The number of pyridine rings is 2. The second-order valence-corrected chi connectivity index (χ2v) is 6.44. The SMILES string of the molecule is O=C(O)c1cn(-c2ccccc2)c2nc(N3CCC(O)C3)c(F)cc2c1=O. The van der Waals surface area contributed by atoms with Crippen molar-refractivity contribution >= 4 is 22.8 Å². The van der Waals surface area contributed by atoms with Crippen LogP contribution in [0.1, 0.15) is 16.8 Å². The molecule has 2 aromatic heterocycles. The second-order valence-electron chi connectivity index (χ2n) is 6.44. The Hall–Kier alpha value is -3.26. The quantitative estimate of drug-likeness (QED) is 0.731. The molecule has 1 aliphatic rings. The number of fused-ring (bicyclic) bond motifs is 1. The summed E-state index contributed by atoms with van der Waals surface area (Å²) in [5, 5.41) is 19.0. The normalized spacial score (nSPS) is 16.8. The number of para-hydroxylation sites is 1. The molecule has 1 unspecified atom stereocenters. The zero-order valence-electron chi connectivity index (χ0n) is 14.2. The van der Waals surface area contributed by atoms with E-state index in [4.69, 9.17) is 0 Å². The number of aromatic nitrogens is 2. The summed E-state index contributed by atoms with van der Waals surface area (Å²) in [4.78, 5) is 30.0. The van der Waals surface area contributed by atoms with Crippen LogP contribution in [0.2, 0.25) is 0 Å². The second kappa shape index (κ2) is 6.48. The highest BCUT2D eigenvalue weighted by Crippen LogP contribution is 2.26. The highest BCUT2D eigenvalue weighted by molar-refractivity contribution is 5.92. The molecule has 2 N–H and O–H groups in total. The zero-order valence-corrected chi connectivity index (χ0v) is 14.2. The van der Waals surface area contributed by atoms with Gasteiger partial charge in [-0.15, -0.1) is 0 Å². The first kappa shape index (κ1) is 17.2. The summed E-state index contributed by atoms with van der Waals surface area (Å²) in [6.07, 6.45) is 1.14. The van der Waals surface area contributed by atoms with E-state index in [1.54, 1.807) is 35.2 Å². The number of hydrogen-bond donors (Lipinski definition) is 2. The van der Waals surface area contributed by atoms with Gasteiger partial charge in [0.05, 0.1) is 11.5 Å². The maximum Gasteiger partial charge on any atom is 0.341 e. The van der Waals surface area contributed by atoms with Crippen molar-refractivity contribution in [3.05, 3.63) is 64.2 Å². The van der Waals surface area contributed by atoms with E-state index in [9.17, 15) is 24.2 Å². The largest absolute Gasteiger partial charge is 0.477 e. The number of hydrogen-bond acceptors (Lipinski definition) is 5. The van der Waals surface area contributed by atoms with Gasteiger partial charge in [-0.3, -0.25) is 4.79 Å². The molecule has 0 spiro atoms. The van der Waals surface area contributed by atoms with Gasteiger partial charge in [-0.1, -0.05) is 18.2 Å². The minimum atomic E-state index is -1.39. The molecule has 1 saturated heterocycles. The monoisotopic (exact) mass is 369 g/mol. The number of anilines is 1. The van der Waals surface area contributed by atoms with Crippen molar-refractivity contribution < 1.29 is 19.4 Å². The summed E-state index contributed by atoms with van der Waals surface area (Å²) < 4.78 is 16.1. The van der Waals surface area contributed by atoms with Crippen LogP contribution in [-0.2, 0) is 0 Å². The summed E-state index contributed by atoms with van der Waals surface area (Å²) in [7, 11) is 0. The lowest BCUT2D eigenvalue weighted by Gasteiger charge is -2.19. The van der Waals surface area contributed by atoms with E-state index in [1.807, 2.05) is 0 Å². The molecule has 7 nitrogen and oxygen atoms in total. The third kappa shape index (κ3) is 2.93. The maximum absolute atomic E-state index is 14.7. The molecule has 0 saturated carbocycles. The van der Waals surface area contributed by atoms with Gasteiger partial charge in [-0.05, 0) is 24.6 Å². The van der Waals surface area contributed by atoms with E-state index in [0.717, 1.165) is 6.07 Å². The molecule has 8 heteroatoms. The maximum atomic E-state index is 14.7. The van der Waals surface area contributed by atoms with Crippen LogP contribution in [0.5, 0.6) is 0 Å². The number of aliphatic hydroxyl groups excluding tert-OH is 1. The average molecular weight is 369 g/mol. The molecular formula is C19H16FN3O4. The van der Waals surface area contributed by atoms with Gasteiger partial charge in [0.2, 0.25) is 5.43 Å². The Bertz CT molecular complexity index is 1100. The van der Waals surface area contributed by atoms with Gasteiger partial charge in [-0.2, -0.15) is 0 Å². The molecule has 0 bridgehead atoms. The average Bonchev–Trinajstić information content (AvgIpc) is 3.08. The Labute approximate surface area is 152 Å². The Morgan fingerprint density at radius 2 is 2.00 bits per heavy atom. The molecule has 3 heterocycles. The first-order chi connectivity index (χ1) is 13.0. The molecule has 1 aliphatic heterocycles. The van der Waals surface area contributed by atoms with Crippen LogP contribution in [0.4, 0.5) is 10.2 Å². The van der Waals surface area contributed by atoms with E-state index in [1.165, 1.54) is 10.8 Å². The third-order valence-corrected chi connectivity index (χ3v) is 4.64. The fourth-order valence-corrected chi connectivity index (χ4v) is 3.31. The smallest absolute Gasteiger partial charge is 0.341 e. The molecule has 4 rings (SSSR count). The number of aromatic carboxylic acids is 1. The number of carbonyl (C=O) groups is 1. The lowest BCUT2D eigenvalue weighted by atomic mass is 10.1. The highest BCUT2D eigenvalue weighted by Gasteiger charge is 2.26. The van der Waals surface area contributed by atoms with Gasteiger partial charge in [0.15, 0.2) is 17.3 Å². The predicted molar refractivity (Wildman–Crippen MR) is 97.1 cm³/mol. The first-order valence-corrected chi connectivity index (χ1v) is 8.43. The Balaban J connectivity index is 2.03. The molecule has 3 aromatic rings. The Kier molecular flexibility index (Phi) is 4.12. The molecule has 1 aromatic carbocycles. The molecule has 27 heavy (non-hydrogen) atoms. The van der Waals surface area contributed by atoms with Crippen molar-refractivity contribution in [2.75, 3.05) is 18.0 Å². The highest BCUT2D eigenvalue weighted by atomic mass is 19.1. The molecular weight excluding hydrogens is 353 g/mol. The van der Waals surface area contributed by atoms with Gasteiger partial charge in [-0.25, -0.2) is 14.2 Å². The van der Waals surface area contributed by atoms with E-state index < -0.39 is 28.9 Å². The molecule has 0 aliphatic carbocycles. The number of benzene rings is 1. The lowest BCUT2D eigenvalue weighted by molar-refractivity contribution is 0.0695. The Morgan fingerprint density at radius 1 is 1.26 bits per heavy atom. The zero-order chi connectivity index (χ0) is 19.1. The Morgan fingerprint density at radius 3 is 2.63 bits per heavy atom.